The molecule has 0 atom stereocenters. The maximum Gasteiger partial charge on any atom is 0.257 e. The number of carbonyl (C=O) groups is 2. The van der Waals surface area contributed by atoms with E-state index in [1.54, 1.807) is 0 Å². The SMILES string of the molecule is CNC(=O)c1c(N)nsc1NCCOCC(N)=O. The third kappa shape index (κ3) is 3.86. The molecular weight excluding hydrogens is 258 g/mol. The van der Waals surface area contributed by atoms with Crippen molar-refractivity contribution in [2.24, 2.45) is 5.73 Å². The molecule has 0 unspecified atom stereocenters. The average molecular weight is 273 g/mol. The lowest BCUT2D eigenvalue weighted by molar-refractivity contribution is -0.122. The van der Waals surface area contributed by atoms with Crippen LogP contribution in [0.5, 0.6) is 0 Å². The number of nitrogens with zero attached hydrogens (tertiary/aromatic N) is 1. The predicted octanol–water partition coefficient (Wildman–Crippen LogP) is -1.00. The van der Waals surface area contributed by atoms with Gasteiger partial charge in [-0.3, -0.25) is 9.59 Å². The number of ether oxygens (including phenoxy) is 1. The Hall–Kier alpha value is -1.87. The molecule has 0 radical (unpaired) electrons. The smallest absolute Gasteiger partial charge is 0.257 e. The van der Waals surface area contributed by atoms with Crippen LogP contribution in [0.1, 0.15) is 10.4 Å². The molecule has 100 valence electrons. The molecule has 9 heteroatoms. The largest absolute Gasteiger partial charge is 0.382 e. The molecule has 0 saturated heterocycles. The van der Waals surface area contributed by atoms with Gasteiger partial charge in [0.2, 0.25) is 5.91 Å². The van der Waals surface area contributed by atoms with Crippen LogP contribution in [0, 0.1) is 0 Å². The fourth-order valence-corrected chi connectivity index (χ4v) is 1.91. The molecule has 18 heavy (non-hydrogen) atoms. The minimum atomic E-state index is -0.525. The first-order chi connectivity index (χ1) is 8.56. The van der Waals surface area contributed by atoms with Gasteiger partial charge in [-0.2, -0.15) is 4.37 Å². The molecular formula is C9H15N5O3S. The molecule has 0 aromatic carbocycles. The van der Waals surface area contributed by atoms with Crippen molar-refractivity contribution < 1.29 is 14.3 Å². The number of hydrogen-bond donors (Lipinski definition) is 4. The summed E-state index contributed by atoms with van der Waals surface area (Å²) < 4.78 is 8.86. The molecule has 0 spiro atoms. The molecule has 1 aromatic heterocycles. The zero-order chi connectivity index (χ0) is 13.5. The van der Waals surface area contributed by atoms with Crippen molar-refractivity contribution in [3.05, 3.63) is 5.56 Å². The number of nitrogens with one attached hydrogen (secondary N) is 2. The van der Waals surface area contributed by atoms with Crippen LogP contribution in [0.2, 0.25) is 0 Å². The van der Waals surface area contributed by atoms with Crippen LogP contribution in [0.25, 0.3) is 0 Å². The average Bonchev–Trinajstić information content (AvgIpc) is 2.69. The number of aromatic nitrogens is 1. The van der Waals surface area contributed by atoms with E-state index >= 15 is 0 Å². The molecule has 0 saturated carbocycles. The zero-order valence-corrected chi connectivity index (χ0v) is 10.7. The Kier molecular flexibility index (Phi) is 5.33. The lowest BCUT2D eigenvalue weighted by Gasteiger charge is -2.06. The van der Waals surface area contributed by atoms with Crippen LogP contribution in [0.4, 0.5) is 10.8 Å². The fourth-order valence-electron chi connectivity index (χ4n) is 1.18. The second-order valence-electron chi connectivity index (χ2n) is 3.30. The van der Waals surface area contributed by atoms with E-state index in [0.717, 1.165) is 11.5 Å². The second kappa shape index (κ2) is 6.77. The topological polar surface area (TPSA) is 132 Å². The molecule has 8 nitrogen and oxygen atoms in total. The van der Waals surface area contributed by atoms with Gasteiger partial charge in [-0.1, -0.05) is 0 Å². The van der Waals surface area contributed by atoms with Crippen molar-refractivity contribution in [2.75, 3.05) is 37.9 Å². The highest BCUT2D eigenvalue weighted by Gasteiger charge is 2.17. The predicted molar refractivity (Wildman–Crippen MR) is 68.4 cm³/mol. The standard InChI is InChI=1S/C9H15N5O3S/c1-12-8(16)6-7(11)14-18-9(6)13-2-3-17-4-5(10)15/h13H,2-4H2,1H3,(H2,10,15)(H2,11,14)(H,12,16). The van der Waals surface area contributed by atoms with Crippen LogP contribution in [-0.2, 0) is 9.53 Å². The van der Waals surface area contributed by atoms with E-state index < -0.39 is 5.91 Å². The lowest BCUT2D eigenvalue weighted by Crippen LogP contribution is -2.22. The van der Waals surface area contributed by atoms with Gasteiger partial charge in [0, 0.05) is 13.6 Å². The van der Waals surface area contributed by atoms with E-state index in [1.165, 1.54) is 7.05 Å². The van der Waals surface area contributed by atoms with E-state index in [2.05, 4.69) is 15.0 Å². The normalized spacial score (nSPS) is 10.1. The summed E-state index contributed by atoms with van der Waals surface area (Å²) in [5.74, 6) is -0.648. The zero-order valence-electron chi connectivity index (χ0n) is 9.86. The monoisotopic (exact) mass is 273 g/mol. The van der Waals surface area contributed by atoms with Crippen molar-refractivity contribution >= 4 is 34.2 Å². The van der Waals surface area contributed by atoms with Gasteiger partial charge < -0.3 is 26.8 Å². The van der Waals surface area contributed by atoms with E-state index in [4.69, 9.17) is 16.2 Å². The second-order valence-corrected chi connectivity index (χ2v) is 4.07. The van der Waals surface area contributed by atoms with Gasteiger partial charge >= 0.3 is 0 Å². The van der Waals surface area contributed by atoms with E-state index in [1.807, 2.05) is 0 Å². The fraction of sp³-hybridized carbons (Fsp3) is 0.444. The lowest BCUT2D eigenvalue weighted by atomic mass is 10.3. The number of carbonyl (C=O) groups excluding carboxylic acids is 2. The number of nitrogens with two attached hydrogens (primary N) is 2. The Morgan fingerprint density at radius 1 is 1.50 bits per heavy atom. The number of nitrogen functional groups attached to an aromatic ring is 1. The van der Waals surface area contributed by atoms with Gasteiger partial charge in [0.05, 0.1) is 6.61 Å². The summed E-state index contributed by atoms with van der Waals surface area (Å²) in [4.78, 5) is 22.0. The molecule has 2 amide bonds. The molecule has 1 rings (SSSR count). The van der Waals surface area contributed by atoms with Crippen LogP contribution in [-0.4, -0.2) is 43.0 Å². The minimum Gasteiger partial charge on any atom is -0.382 e. The van der Waals surface area contributed by atoms with Crippen molar-refractivity contribution in [1.29, 1.82) is 0 Å². The maximum atomic E-state index is 11.5. The molecule has 0 aliphatic heterocycles. The van der Waals surface area contributed by atoms with Gasteiger partial charge in [0.1, 0.15) is 17.2 Å². The highest BCUT2D eigenvalue weighted by molar-refractivity contribution is 7.11. The Labute approximate surface area is 108 Å². The number of amides is 2. The van der Waals surface area contributed by atoms with Crippen molar-refractivity contribution in [3.63, 3.8) is 0 Å². The Balaban J connectivity index is 2.47. The Morgan fingerprint density at radius 3 is 2.83 bits per heavy atom. The van der Waals surface area contributed by atoms with Crippen LogP contribution < -0.4 is 22.1 Å². The molecule has 0 aliphatic rings. The van der Waals surface area contributed by atoms with Gasteiger partial charge in [-0.25, -0.2) is 0 Å². The summed E-state index contributed by atoms with van der Waals surface area (Å²) in [6.45, 7) is 0.571. The number of hydrogen-bond acceptors (Lipinski definition) is 7. The third-order valence-electron chi connectivity index (χ3n) is 1.95. The first-order valence-electron chi connectivity index (χ1n) is 5.13. The van der Waals surface area contributed by atoms with Gasteiger partial charge in [0.15, 0.2) is 5.82 Å². The summed E-state index contributed by atoms with van der Waals surface area (Å²) in [5.41, 5.74) is 10.8. The minimum absolute atomic E-state index is 0.130. The number of primary amides is 1. The van der Waals surface area contributed by atoms with E-state index in [0.29, 0.717) is 17.1 Å². The van der Waals surface area contributed by atoms with Crippen LogP contribution in [0.3, 0.4) is 0 Å². The number of rotatable bonds is 7. The molecule has 0 fully saturated rings. The van der Waals surface area contributed by atoms with Crippen LogP contribution in [0.15, 0.2) is 0 Å². The van der Waals surface area contributed by atoms with Gasteiger partial charge in [0.25, 0.3) is 5.91 Å². The highest BCUT2D eigenvalue weighted by Crippen LogP contribution is 2.26. The summed E-state index contributed by atoms with van der Waals surface area (Å²) in [7, 11) is 1.51. The first kappa shape index (κ1) is 14.2. The van der Waals surface area contributed by atoms with Crippen molar-refractivity contribution in [1.82, 2.24) is 9.69 Å². The quantitative estimate of drug-likeness (QED) is 0.471. The molecule has 1 heterocycles. The van der Waals surface area contributed by atoms with Crippen molar-refractivity contribution in [2.45, 2.75) is 0 Å². The highest BCUT2D eigenvalue weighted by atomic mass is 32.1. The molecule has 1 aromatic rings. The summed E-state index contributed by atoms with van der Waals surface area (Å²) >= 11 is 1.09. The van der Waals surface area contributed by atoms with Gasteiger partial charge in [-0.15, -0.1) is 0 Å². The molecule has 0 bridgehead atoms. The van der Waals surface area contributed by atoms with Crippen molar-refractivity contribution in [3.8, 4) is 0 Å². The number of anilines is 2. The van der Waals surface area contributed by atoms with E-state index in [9.17, 15) is 9.59 Å². The Morgan fingerprint density at radius 2 is 2.22 bits per heavy atom. The molecule has 0 aliphatic carbocycles. The Bertz CT molecular complexity index is 434. The van der Waals surface area contributed by atoms with Gasteiger partial charge in [-0.05, 0) is 11.5 Å². The maximum absolute atomic E-state index is 11.5. The summed E-state index contributed by atoms with van der Waals surface area (Å²) in [6, 6.07) is 0. The third-order valence-corrected chi connectivity index (χ3v) is 2.77. The van der Waals surface area contributed by atoms with Crippen LogP contribution >= 0.6 is 11.5 Å². The molecule has 6 N–H and O–H groups in total. The first-order valence-corrected chi connectivity index (χ1v) is 5.90. The summed E-state index contributed by atoms with van der Waals surface area (Å²) in [5, 5.41) is 6.01. The van der Waals surface area contributed by atoms with E-state index in [-0.39, 0.29) is 24.9 Å². The summed E-state index contributed by atoms with van der Waals surface area (Å²) in [6.07, 6.45) is 0.